The summed E-state index contributed by atoms with van der Waals surface area (Å²) in [6.45, 7) is 5.60. The van der Waals surface area contributed by atoms with Gasteiger partial charge in [-0.25, -0.2) is 4.79 Å². The molecule has 0 aromatic heterocycles. The summed E-state index contributed by atoms with van der Waals surface area (Å²) < 4.78 is 9.71. The molecule has 1 aromatic rings. The van der Waals surface area contributed by atoms with Gasteiger partial charge in [0.15, 0.2) is 0 Å². The molecule has 3 nitrogen and oxygen atoms in total. The average Bonchev–Trinajstić information content (AvgIpc) is 2.27. The molecule has 0 heterocycles. The molecular formula is C12H14O3. The van der Waals surface area contributed by atoms with Crippen molar-refractivity contribution >= 4 is 11.7 Å². The van der Waals surface area contributed by atoms with Crippen LogP contribution in [0.5, 0.6) is 0 Å². The molecule has 80 valence electrons. The molecule has 1 rings (SSSR count). The highest BCUT2D eigenvalue weighted by atomic mass is 16.5. The third-order valence-electron chi connectivity index (χ3n) is 2.29. The van der Waals surface area contributed by atoms with E-state index in [0.717, 1.165) is 11.1 Å². The molecule has 0 aliphatic heterocycles. The number of rotatable bonds is 3. The topological polar surface area (TPSA) is 35.5 Å². The third-order valence-corrected chi connectivity index (χ3v) is 2.29. The van der Waals surface area contributed by atoms with Crippen molar-refractivity contribution < 1.29 is 14.3 Å². The molecule has 0 spiro atoms. The van der Waals surface area contributed by atoms with Gasteiger partial charge in [0.1, 0.15) is 5.76 Å². The number of esters is 1. The van der Waals surface area contributed by atoms with Gasteiger partial charge in [-0.1, -0.05) is 18.7 Å². The maximum atomic E-state index is 11.4. The van der Waals surface area contributed by atoms with Crippen molar-refractivity contribution in [1.82, 2.24) is 0 Å². The Kier molecular flexibility index (Phi) is 3.50. The predicted molar refractivity (Wildman–Crippen MR) is 58.6 cm³/mol. The van der Waals surface area contributed by atoms with Gasteiger partial charge >= 0.3 is 5.97 Å². The summed E-state index contributed by atoms with van der Waals surface area (Å²) in [7, 11) is 2.91. The molecule has 0 radical (unpaired) electrons. The van der Waals surface area contributed by atoms with Gasteiger partial charge in [-0.15, -0.1) is 0 Å². The summed E-state index contributed by atoms with van der Waals surface area (Å²) in [5.74, 6) is 0.191. The Bertz CT molecular complexity index is 360. The molecule has 0 unspecified atom stereocenters. The minimum absolute atomic E-state index is 0.349. The summed E-state index contributed by atoms with van der Waals surface area (Å²) in [6, 6.07) is 5.35. The molecule has 0 fully saturated rings. The van der Waals surface area contributed by atoms with Crippen LogP contribution >= 0.6 is 0 Å². The predicted octanol–water partition coefficient (Wildman–Crippen LogP) is 2.40. The van der Waals surface area contributed by atoms with Crippen LogP contribution in [-0.4, -0.2) is 20.2 Å². The second-order valence-corrected chi connectivity index (χ2v) is 3.10. The maximum absolute atomic E-state index is 11.4. The molecule has 0 bridgehead atoms. The van der Waals surface area contributed by atoms with Gasteiger partial charge < -0.3 is 9.47 Å². The molecule has 0 N–H and O–H groups in total. The molecule has 0 saturated carbocycles. The number of carbonyl (C=O) groups is 1. The fourth-order valence-electron chi connectivity index (χ4n) is 1.38. The van der Waals surface area contributed by atoms with E-state index in [1.165, 1.54) is 7.11 Å². The fraction of sp³-hybridized carbons (Fsp3) is 0.250. The van der Waals surface area contributed by atoms with Crippen molar-refractivity contribution in [3.63, 3.8) is 0 Å². The van der Waals surface area contributed by atoms with E-state index in [9.17, 15) is 4.79 Å². The number of ether oxygens (including phenoxy) is 2. The van der Waals surface area contributed by atoms with Crippen molar-refractivity contribution in [2.45, 2.75) is 6.92 Å². The normalized spacial score (nSPS) is 9.53. The molecular weight excluding hydrogens is 192 g/mol. The van der Waals surface area contributed by atoms with E-state index in [1.807, 2.05) is 13.0 Å². The van der Waals surface area contributed by atoms with Crippen LogP contribution in [-0.2, 0) is 9.47 Å². The summed E-state index contributed by atoms with van der Waals surface area (Å²) in [6.07, 6.45) is 0. The van der Waals surface area contributed by atoms with Crippen molar-refractivity contribution in [3.8, 4) is 0 Å². The lowest BCUT2D eigenvalue weighted by Crippen LogP contribution is -2.05. The number of carbonyl (C=O) groups excluding carboxylic acids is 1. The van der Waals surface area contributed by atoms with Gasteiger partial charge in [0.25, 0.3) is 0 Å². The van der Waals surface area contributed by atoms with Crippen molar-refractivity contribution in [2.24, 2.45) is 0 Å². The van der Waals surface area contributed by atoms with E-state index in [4.69, 9.17) is 4.74 Å². The van der Waals surface area contributed by atoms with Crippen LogP contribution in [0.15, 0.2) is 24.8 Å². The number of methoxy groups -OCH3 is 2. The van der Waals surface area contributed by atoms with E-state index in [2.05, 4.69) is 11.3 Å². The highest BCUT2D eigenvalue weighted by Gasteiger charge is 2.13. The lowest BCUT2D eigenvalue weighted by Gasteiger charge is -2.10. The van der Waals surface area contributed by atoms with Crippen molar-refractivity contribution in [3.05, 3.63) is 41.5 Å². The fourth-order valence-corrected chi connectivity index (χ4v) is 1.38. The second kappa shape index (κ2) is 4.64. The Morgan fingerprint density at radius 3 is 2.33 bits per heavy atom. The number of hydrogen-bond acceptors (Lipinski definition) is 3. The van der Waals surface area contributed by atoms with Crippen molar-refractivity contribution in [2.75, 3.05) is 14.2 Å². The Hall–Kier alpha value is -1.77. The number of hydrogen-bond donors (Lipinski definition) is 0. The first-order chi connectivity index (χ1) is 7.11. The van der Waals surface area contributed by atoms with E-state index < -0.39 is 0 Å². The maximum Gasteiger partial charge on any atom is 0.338 e. The first-order valence-electron chi connectivity index (χ1n) is 4.53. The van der Waals surface area contributed by atoms with Gasteiger partial charge in [-0.05, 0) is 18.6 Å². The van der Waals surface area contributed by atoms with Gasteiger partial charge in [0.05, 0.1) is 19.8 Å². The Labute approximate surface area is 89.3 Å². The molecule has 0 aliphatic rings. The zero-order valence-electron chi connectivity index (χ0n) is 9.16. The van der Waals surface area contributed by atoms with Crippen LogP contribution in [0.3, 0.4) is 0 Å². The third kappa shape index (κ3) is 2.18. The molecule has 15 heavy (non-hydrogen) atoms. The van der Waals surface area contributed by atoms with Crippen LogP contribution in [0, 0.1) is 6.92 Å². The second-order valence-electron chi connectivity index (χ2n) is 3.10. The SMILES string of the molecule is C=C(OC)c1cccc(C(=O)OC)c1C. The lowest BCUT2D eigenvalue weighted by molar-refractivity contribution is 0.0600. The monoisotopic (exact) mass is 206 g/mol. The zero-order chi connectivity index (χ0) is 11.4. The summed E-state index contributed by atoms with van der Waals surface area (Å²) >= 11 is 0. The Morgan fingerprint density at radius 1 is 1.20 bits per heavy atom. The van der Waals surface area contributed by atoms with E-state index in [0.29, 0.717) is 11.3 Å². The summed E-state index contributed by atoms with van der Waals surface area (Å²) in [5, 5.41) is 0. The highest BCUT2D eigenvalue weighted by molar-refractivity contribution is 5.92. The molecule has 0 atom stereocenters. The quantitative estimate of drug-likeness (QED) is 0.562. The first-order valence-corrected chi connectivity index (χ1v) is 4.53. The van der Waals surface area contributed by atoms with Crippen LogP contribution in [0.4, 0.5) is 0 Å². The largest absolute Gasteiger partial charge is 0.497 e. The zero-order valence-corrected chi connectivity index (χ0v) is 9.16. The first kappa shape index (κ1) is 11.3. The van der Waals surface area contributed by atoms with Gasteiger partial charge in [0, 0.05) is 5.56 Å². The van der Waals surface area contributed by atoms with Gasteiger partial charge in [-0.2, -0.15) is 0 Å². The van der Waals surface area contributed by atoms with Crippen LogP contribution in [0.25, 0.3) is 5.76 Å². The van der Waals surface area contributed by atoms with Crippen molar-refractivity contribution in [1.29, 1.82) is 0 Å². The Morgan fingerprint density at radius 2 is 1.80 bits per heavy atom. The minimum Gasteiger partial charge on any atom is -0.497 e. The molecule has 0 amide bonds. The summed E-state index contributed by atoms with van der Waals surface area (Å²) in [4.78, 5) is 11.4. The van der Waals surface area contributed by atoms with Gasteiger partial charge in [0.2, 0.25) is 0 Å². The standard InChI is InChI=1S/C12H14O3/c1-8-10(9(2)14-3)6-5-7-11(8)12(13)15-4/h5-7H,2H2,1,3-4H3. The van der Waals surface area contributed by atoms with Gasteiger partial charge in [-0.3, -0.25) is 0 Å². The highest BCUT2D eigenvalue weighted by Crippen LogP contribution is 2.21. The van der Waals surface area contributed by atoms with E-state index in [-0.39, 0.29) is 5.97 Å². The summed E-state index contributed by atoms with van der Waals surface area (Å²) in [5.41, 5.74) is 2.17. The molecule has 0 saturated heterocycles. The Balaban J connectivity index is 3.23. The number of benzene rings is 1. The lowest BCUT2D eigenvalue weighted by atomic mass is 10.0. The molecule has 3 heteroatoms. The van der Waals surface area contributed by atoms with E-state index in [1.54, 1.807) is 19.2 Å². The molecule has 1 aromatic carbocycles. The average molecular weight is 206 g/mol. The minimum atomic E-state index is -0.349. The van der Waals surface area contributed by atoms with Crippen LogP contribution in [0.2, 0.25) is 0 Å². The van der Waals surface area contributed by atoms with Crippen LogP contribution in [0.1, 0.15) is 21.5 Å². The smallest absolute Gasteiger partial charge is 0.338 e. The van der Waals surface area contributed by atoms with Crippen LogP contribution < -0.4 is 0 Å². The molecule has 0 aliphatic carbocycles. The van der Waals surface area contributed by atoms with E-state index >= 15 is 0 Å².